The number of hydrogen-bond donors (Lipinski definition) is 0. The van der Waals surface area contributed by atoms with Crippen LogP contribution in [0.5, 0.6) is 0 Å². The van der Waals surface area contributed by atoms with Gasteiger partial charge < -0.3 is 18.9 Å². The molecule has 0 fully saturated rings. The lowest BCUT2D eigenvalue weighted by molar-refractivity contribution is 0.965. The van der Waals surface area contributed by atoms with Crippen LogP contribution in [0.15, 0.2) is 228 Å². The van der Waals surface area contributed by atoms with Crippen LogP contribution in [-0.2, 0) is 14.1 Å². The minimum atomic E-state index is 1.11. The summed E-state index contributed by atoms with van der Waals surface area (Å²) >= 11 is 1.88. The van der Waals surface area contributed by atoms with Gasteiger partial charge in [-0.05, 0) is 96.1 Å². The number of nitrogens with zero attached hydrogens (tertiary/aromatic N) is 4. The van der Waals surface area contributed by atoms with Crippen LogP contribution in [0.4, 0.5) is 34.1 Å². The van der Waals surface area contributed by atoms with Gasteiger partial charge in [-0.25, -0.2) is 0 Å². The highest BCUT2D eigenvalue weighted by atomic mass is 32.2. The molecule has 0 N–H and O–H groups in total. The number of benzene rings is 8. The average molecular weight is 779 g/mol. The van der Waals surface area contributed by atoms with Crippen molar-refractivity contribution in [1.29, 1.82) is 0 Å². The average Bonchev–Trinajstić information content (AvgIpc) is 3.74. The first-order valence-corrected chi connectivity index (χ1v) is 20.8. The molecular formula is C54H42N4S. The van der Waals surface area contributed by atoms with Crippen molar-refractivity contribution in [3.63, 3.8) is 0 Å². The summed E-state index contributed by atoms with van der Waals surface area (Å²) < 4.78 is 4.72. The topological polar surface area (TPSA) is 16.3 Å². The van der Waals surface area contributed by atoms with Crippen LogP contribution < -0.4 is 9.80 Å². The predicted octanol–water partition coefficient (Wildman–Crippen LogP) is 15.1. The third-order valence-electron chi connectivity index (χ3n) is 11.2. The van der Waals surface area contributed by atoms with E-state index in [0.717, 1.165) is 34.1 Å². The van der Waals surface area contributed by atoms with Gasteiger partial charge in [0.2, 0.25) is 0 Å². The summed E-state index contributed by atoms with van der Waals surface area (Å²) in [6.07, 6.45) is 0. The molecule has 0 unspecified atom stereocenters. The second kappa shape index (κ2) is 15.6. The third kappa shape index (κ3) is 6.65. The van der Waals surface area contributed by atoms with Gasteiger partial charge in [-0.2, -0.15) is 0 Å². The Bertz CT molecular complexity index is 2720. The zero-order valence-corrected chi connectivity index (χ0v) is 33.8. The van der Waals surface area contributed by atoms with Crippen LogP contribution in [0.2, 0.25) is 0 Å². The molecule has 284 valence electrons. The summed E-state index contributed by atoms with van der Waals surface area (Å²) in [5.41, 5.74) is 13.9. The zero-order valence-electron chi connectivity index (χ0n) is 33.0. The molecule has 4 nitrogen and oxygen atoms in total. The smallest absolute Gasteiger partial charge is 0.0630 e. The van der Waals surface area contributed by atoms with Crippen LogP contribution in [0, 0.1) is 0 Å². The SMILES string of the molecule is Cn1c(-c2ccc(N(c3ccccc3)c3ccccc3)cc2)c(Sc2c(-c3ccc(N(c4ccccc4)c4ccccc4)cc3)n(C)c3ccccc23)c2ccccc21. The molecule has 0 aliphatic carbocycles. The van der Waals surface area contributed by atoms with Crippen LogP contribution in [-0.4, -0.2) is 9.13 Å². The van der Waals surface area contributed by atoms with E-state index in [1.807, 2.05) is 11.8 Å². The molecule has 0 radical (unpaired) electrons. The normalized spacial score (nSPS) is 11.3. The zero-order chi connectivity index (χ0) is 39.7. The Kier molecular flexibility index (Phi) is 9.57. The van der Waals surface area contributed by atoms with Crippen LogP contribution in [0.1, 0.15) is 0 Å². The lowest BCUT2D eigenvalue weighted by atomic mass is 10.1. The van der Waals surface area contributed by atoms with Gasteiger partial charge >= 0.3 is 0 Å². The summed E-state index contributed by atoms with van der Waals surface area (Å²) in [5.74, 6) is 0. The second-order valence-electron chi connectivity index (χ2n) is 14.7. The van der Waals surface area contributed by atoms with Crippen molar-refractivity contribution in [2.45, 2.75) is 9.79 Å². The standard InChI is InChI=1S/C54H42N4S/c1-55-49-29-17-15-27-47(49)53(51(55)39-31-35-45(36-32-39)57(41-19-7-3-8-20-41)42-21-9-4-10-22-42)59-54-48-28-16-18-30-50(48)56(2)52(54)40-33-37-46(38-34-40)58(43-23-11-5-12-24-43)44-25-13-6-14-26-44/h3-38H,1-2H3. The molecule has 2 aromatic heterocycles. The molecule has 8 aromatic carbocycles. The van der Waals surface area contributed by atoms with Gasteiger partial charge in [0.25, 0.3) is 0 Å². The Morgan fingerprint density at radius 3 is 0.898 bits per heavy atom. The maximum atomic E-state index is 2.36. The molecule has 10 aromatic rings. The first-order chi connectivity index (χ1) is 29.1. The van der Waals surface area contributed by atoms with Crippen molar-refractivity contribution in [2.24, 2.45) is 14.1 Å². The number of hydrogen-bond acceptors (Lipinski definition) is 3. The Hall–Kier alpha value is -7.21. The predicted molar refractivity (Wildman–Crippen MR) is 250 cm³/mol. The summed E-state index contributed by atoms with van der Waals surface area (Å²) in [7, 11) is 4.40. The Balaban J connectivity index is 1.08. The molecule has 0 spiro atoms. The second-order valence-corrected chi connectivity index (χ2v) is 15.7. The van der Waals surface area contributed by atoms with E-state index < -0.39 is 0 Å². The Morgan fingerprint density at radius 2 is 0.576 bits per heavy atom. The molecular weight excluding hydrogens is 737 g/mol. The van der Waals surface area contributed by atoms with Crippen molar-refractivity contribution in [3.05, 3.63) is 218 Å². The molecule has 2 heterocycles. The van der Waals surface area contributed by atoms with E-state index in [-0.39, 0.29) is 0 Å². The largest absolute Gasteiger partial charge is 0.343 e. The monoisotopic (exact) mass is 778 g/mol. The summed E-state index contributed by atoms with van der Waals surface area (Å²) in [4.78, 5) is 7.11. The Labute approximate surface area is 349 Å². The van der Waals surface area contributed by atoms with E-state index in [1.54, 1.807) is 0 Å². The molecule has 5 heteroatoms. The van der Waals surface area contributed by atoms with Crippen molar-refractivity contribution in [3.8, 4) is 22.5 Å². The quantitative estimate of drug-likeness (QED) is 0.138. The van der Waals surface area contributed by atoms with Gasteiger partial charge in [0.05, 0.1) is 11.4 Å². The van der Waals surface area contributed by atoms with Crippen molar-refractivity contribution in [1.82, 2.24) is 9.13 Å². The van der Waals surface area contributed by atoms with Crippen LogP contribution >= 0.6 is 11.8 Å². The molecule has 0 saturated heterocycles. The van der Waals surface area contributed by atoms with Crippen molar-refractivity contribution >= 4 is 67.7 Å². The minimum absolute atomic E-state index is 1.11. The highest BCUT2D eigenvalue weighted by Crippen LogP contribution is 2.49. The maximum Gasteiger partial charge on any atom is 0.0630 e. The fourth-order valence-corrected chi connectivity index (χ4v) is 9.89. The fraction of sp³-hybridized carbons (Fsp3) is 0.0370. The first-order valence-electron chi connectivity index (χ1n) is 20.0. The molecule has 0 bridgehead atoms. The lowest BCUT2D eigenvalue weighted by Gasteiger charge is -2.25. The van der Waals surface area contributed by atoms with E-state index >= 15 is 0 Å². The van der Waals surface area contributed by atoms with E-state index in [2.05, 4.69) is 251 Å². The number of para-hydroxylation sites is 6. The molecule has 10 rings (SSSR count). The van der Waals surface area contributed by atoms with E-state index in [9.17, 15) is 0 Å². The number of rotatable bonds is 10. The van der Waals surface area contributed by atoms with Gasteiger partial charge in [0.15, 0.2) is 0 Å². The molecule has 0 aliphatic heterocycles. The molecule has 59 heavy (non-hydrogen) atoms. The van der Waals surface area contributed by atoms with Crippen molar-refractivity contribution in [2.75, 3.05) is 9.80 Å². The van der Waals surface area contributed by atoms with Crippen LogP contribution in [0.25, 0.3) is 44.3 Å². The highest BCUT2D eigenvalue weighted by Gasteiger charge is 2.24. The Morgan fingerprint density at radius 1 is 0.305 bits per heavy atom. The maximum absolute atomic E-state index is 2.36. The molecule has 0 atom stereocenters. The molecule has 0 aliphatic rings. The number of anilines is 6. The highest BCUT2D eigenvalue weighted by molar-refractivity contribution is 8.00. The first kappa shape index (κ1) is 36.2. The number of fused-ring (bicyclic) bond motifs is 2. The number of aromatic nitrogens is 2. The minimum Gasteiger partial charge on any atom is -0.343 e. The summed E-state index contributed by atoms with van der Waals surface area (Å²) in [6, 6.07) is 78.1. The summed E-state index contributed by atoms with van der Waals surface area (Å²) in [6.45, 7) is 0. The van der Waals surface area contributed by atoms with Crippen LogP contribution in [0.3, 0.4) is 0 Å². The summed E-state index contributed by atoms with van der Waals surface area (Å²) in [5, 5.41) is 2.48. The van der Waals surface area contributed by atoms with Gasteiger partial charge in [-0.3, -0.25) is 0 Å². The van der Waals surface area contributed by atoms with E-state index in [0.29, 0.717) is 0 Å². The molecule has 0 saturated carbocycles. The van der Waals surface area contributed by atoms with Crippen molar-refractivity contribution < 1.29 is 0 Å². The number of aryl methyl sites for hydroxylation is 2. The fourth-order valence-electron chi connectivity index (χ4n) is 8.41. The van der Waals surface area contributed by atoms with Gasteiger partial charge in [0, 0.05) is 79.8 Å². The third-order valence-corrected chi connectivity index (χ3v) is 12.4. The van der Waals surface area contributed by atoms with E-state index in [4.69, 9.17) is 0 Å². The lowest BCUT2D eigenvalue weighted by Crippen LogP contribution is -2.09. The molecule has 0 amide bonds. The van der Waals surface area contributed by atoms with Gasteiger partial charge in [-0.1, -0.05) is 145 Å². The van der Waals surface area contributed by atoms with Gasteiger partial charge in [-0.15, -0.1) is 0 Å². The van der Waals surface area contributed by atoms with Gasteiger partial charge in [0.1, 0.15) is 0 Å². The van der Waals surface area contributed by atoms with E-state index in [1.165, 1.54) is 54.1 Å².